The molecule has 1 aliphatic rings. The van der Waals surface area contributed by atoms with Gasteiger partial charge in [0.1, 0.15) is 17.6 Å². The summed E-state index contributed by atoms with van der Waals surface area (Å²) >= 11 is 0. The molecule has 0 amide bonds. The van der Waals surface area contributed by atoms with Crippen molar-refractivity contribution in [2.75, 3.05) is 18.5 Å². The molecule has 0 aromatic heterocycles. The lowest BCUT2D eigenvalue weighted by molar-refractivity contribution is 0.246. The van der Waals surface area contributed by atoms with Crippen molar-refractivity contribution in [3.8, 4) is 11.5 Å². The van der Waals surface area contributed by atoms with Crippen LogP contribution >= 0.6 is 0 Å². The summed E-state index contributed by atoms with van der Waals surface area (Å²) in [4.78, 5) is 0. The summed E-state index contributed by atoms with van der Waals surface area (Å²) in [6.07, 6.45) is 2.21. The number of rotatable bonds is 6. The van der Waals surface area contributed by atoms with Crippen LogP contribution in [-0.2, 0) is 6.42 Å². The van der Waals surface area contributed by atoms with Gasteiger partial charge < -0.3 is 14.8 Å². The first-order valence-electron chi connectivity index (χ1n) is 7.56. The van der Waals surface area contributed by atoms with Crippen LogP contribution < -0.4 is 14.8 Å². The van der Waals surface area contributed by atoms with Crippen LogP contribution in [0.3, 0.4) is 0 Å². The molecular formula is C18H21NO2. The first kappa shape index (κ1) is 13.8. The lowest BCUT2D eigenvalue weighted by Gasteiger charge is -2.13. The zero-order chi connectivity index (χ0) is 14.5. The highest BCUT2D eigenvalue weighted by atomic mass is 16.5. The quantitative estimate of drug-likeness (QED) is 0.872. The molecule has 0 radical (unpaired) electrons. The molecule has 0 spiro atoms. The molecule has 110 valence electrons. The number of ether oxygens (including phenoxy) is 2. The van der Waals surface area contributed by atoms with E-state index in [4.69, 9.17) is 9.47 Å². The van der Waals surface area contributed by atoms with Gasteiger partial charge >= 0.3 is 0 Å². The molecule has 0 saturated carbocycles. The monoisotopic (exact) mass is 283 g/mol. The first-order chi connectivity index (χ1) is 10.3. The lowest BCUT2D eigenvalue weighted by atomic mass is 10.1. The van der Waals surface area contributed by atoms with Crippen LogP contribution in [0.1, 0.15) is 18.9 Å². The molecule has 3 heteroatoms. The van der Waals surface area contributed by atoms with Crippen LogP contribution in [0.25, 0.3) is 0 Å². The molecule has 2 aromatic rings. The van der Waals surface area contributed by atoms with E-state index in [-0.39, 0.29) is 6.10 Å². The van der Waals surface area contributed by atoms with Crippen molar-refractivity contribution < 1.29 is 9.47 Å². The van der Waals surface area contributed by atoms with Gasteiger partial charge in [-0.05, 0) is 42.3 Å². The molecule has 1 unspecified atom stereocenters. The summed E-state index contributed by atoms with van der Waals surface area (Å²) in [5, 5.41) is 3.42. The lowest BCUT2D eigenvalue weighted by Crippen LogP contribution is -2.23. The van der Waals surface area contributed by atoms with Gasteiger partial charge in [-0.2, -0.15) is 0 Å². The van der Waals surface area contributed by atoms with Gasteiger partial charge in [-0.25, -0.2) is 0 Å². The van der Waals surface area contributed by atoms with Crippen LogP contribution in [0.5, 0.6) is 11.5 Å². The predicted molar refractivity (Wildman–Crippen MR) is 85.3 cm³/mol. The number of nitrogens with one attached hydrogen (secondary N) is 1. The molecule has 0 aliphatic carbocycles. The molecule has 1 atom stereocenters. The SMILES string of the molecule is CCCOc1ccc(NCC2Cc3ccccc3O2)cc1. The number of para-hydroxylation sites is 1. The zero-order valence-corrected chi connectivity index (χ0v) is 12.3. The zero-order valence-electron chi connectivity index (χ0n) is 12.3. The Morgan fingerprint density at radius 3 is 2.71 bits per heavy atom. The fourth-order valence-corrected chi connectivity index (χ4v) is 2.49. The Bertz CT molecular complexity index is 555. The van der Waals surface area contributed by atoms with Crippen molar-refractivity contribution >= 4 is 5.69 Å². The summed E-state index contributed by atoms with van der Waals surface area (Å²) in [7, 11) is 0. The summed E-state index contributed by atoms with van der Waals surface area (Å²) in [5.41, 5.74) is 2.39. The predicted octanol–water partition coefficient (Wildman–Crippen LogP) is 3.89. The minimum absolute atomic E-state index is 0.207. The van der Waals surface area contributed by atoms with E-state index in [1.165, 1.54) is 5.56 Å². The highest BCUT2D eigenvalue weighted by molar-refractivity contribution is 5.47. The van der Waals surface area contributed by atoms with Crippen molar-refractivity contribution in [3.05, 3.63) is 54.1 Å². The highest BCUT2D eigenvalue weighted by Gasteiger charge is 2.21. The van der Waals surface area contributed by atoms with Gasteiger partial charge in [0.2, 0.25) is 0 Å². The second-order valence-electron chi connectivity index (χ2n) is 5.31. The average Bonchev–Trinajstić information content (AvgIpc) is 2.95. The second-order valence-corrected chi connectivity index (χ2v) is 5.31. The maximum absolute atomic E-state index is 5.92. The van der Waals surface area contributed by atoms with Crippen LogP contribution in [0.15, 0.2) is 48.5 Å². The summed E-state index contributed by atoms with van der Waals surface area (Å²) in [6.45, 7) is 3.68. The normalized spacial score (nSPS) is 16.1. The van der Waals surface area contributed by atoms with Crippen molar-refractivity contribution in [2.24, 2.45) is 0 Å². The average molecular weight is 283 g/mol. The van der Waals surface area contributed by atoms with Crippen molar-refractivity contribution in [2.45, 2.75) is 25.9 Å². The van der Waals surface area contributed by atoms with Gasteiger partial charge in [-0.15, -0.1) is 0 Å². The van der Waals surface area contributed by atoms with E-state index in [0.717, 1.165) is 43.2 Å². The van der Waals surface area contributed by atoms with Gasteiger partial charge in [0.05, 0.1) is 13.2 Å². The van der Waals surface area contributed by atoms with Gasteiger partial charge in [0, 0.05) is 12.1 Å². The van der Waals surface area contributed by atoms with Crippen molar-refractivity contribution in [1.82, 2.24) is 0 Å². The topological polar surface area (TPSA) is 30.5 Å². The van der Waals surface area contributed by atoms with Gasteiger partial charge in [0.25, 0.3) is 0 Å². The Morgan fingerprint density at radius 1 is 1.14 bits per heavy atom. The standard InChI is InChI=1S/C18H21NO2/c1-2-11-20-16-9-7-15(8-10-16)19-13-17-12-14-5-3-4-6-18(14)21-17/h3-10,17,19H,2,11-13H2,1H3. The largest absolute Gasteiger partial charge is 0.494 e. The van der Waals surface area contributed by atoms with Crippen LogP contribution in [0.2, 0.25) is 0 Å². The Kier molecular flexibility index (Phi) is 4.29. The number of hydrogen-bond acceptors (Lipinski definition) is 3. The van der Waals surface area contributed by atoms with Gasteiger partial charge in [-0.3, -0.25) is 0 Å². The Labute approximate surface area is 125 Å². The van der Waals surface area contributed by atoms with Crippen LogP contribution in [0, 0.1) is 0 Å². The van der Waals surface area contributed by atoms with E-state index in [0.29, 0.717) is 0 Å². The van der Waals surface area contributed by atoms with Crippen molar-refractivity contribution in [3.63, 3.8) is 0 Å². The Morgan fingerprint density at radius 2 is 1.95 bits per heavy atom. The molecule has 1 N–H and O–H groups in total. The maximum Gasteiger partial charge on any atom is 0.123 e. The van der Waals surface area contributed by atoms with Crippen LogP contribution in [-0.4, -0.2) is 19.3 Å². The minimum Gasteiger partial charge on any atom is -0.494 e. The molecule has 0 bridgehead atoms. The third-order valence-corrected chi connectivity index (χ3v) is 3.57. The van der Waals surface area contributed by atoms with E-state index in [1.807, 2.05) is 36.4 Å². The van der Waals surface area contributed by atoms with Gasteiger partial charge in [0.15, 0.2) is 0 Å². The molecular weight excluding hydrogens is 262 g/mol. The minimum atomic E-state index is 0.207. The maximum atomic E-state index is 5.92. The molecule has 2 aromatic carbocycles. The Hall–Kier alpha value is -2.16. The first-order valence-corrected chi connectivity index (χ1v) is 7.56. The van der Waals surface area contributed by atoms with Crippen molar-refractivity contribution in [1.29, 1.82) is 0 Å². The third-order valence-electron chi connectivity index (χ3n) is 3.57. The van der Waals surface area contributed by atoms with E-state index < -0.39 is 0 Å². The second kappa shape index (κ2) is 6.53. The Balaban J connectivity index is 1.50. The molecule has 21 heavy (non-hydrogen) atoms. The highest BCUT2D eigenvalue weighted by Crippen LogP contribution is 2.28. The molecule has 0 saturated heterocycles. The third kappa shape index (κ3) is 3.48. The molecule has 1 heterocycles. The van der Waals surface area contributed by atoms with E-state index in [1.54, 1.807) is 0 Å². The van der Waals surface area contributed by atoms with E-state index >= 15 is 0 Å². The summed E-state index contributed by atoms with van der Waals surface area (Å²) in [6, 6.07) is 16.4. The van der Waals surface area contributed by atoms with E-state index in [2.05, 4.69) is 24.4 Å². The van der Waals surface area contributed by atoms with Crippen LogP contribution in [0.4, 0.5) is 5.69 Å². The number of anilines is 1. The van der Waals surface area contributed by atoms with Gasteiger partial charge in [-0.1, -0.05) is 25.1 Å². The fraction of sp³-hybridized carbons (Fsp3) is 0.333. The molecule has 0 fully saturated rings. The smallest absolute Gasteiger partial charge is 0.123 e. The summed E-state index contributed by atoms with van der Waals surface area (Å²) in [5.74, 6) is 1.94. The summed E-state index contributed by atoms with van der Waals surface area (Å²) < 4.78 is 11.5. The number of benzene rings is 2. The van der Waals surface area contributed by atoms with E-state index in [9.17, 15) is 0 Å². The number of hydrogen-bond donors (Lipinski definition) is 1. The fourth-order valence-electron chi connectivity index (χ4n) is 2.49. The molecule has 1 aliphatic heterocycles. The molecule has 3 rings (SSSR count). The molecule has 3 nitrogen and oxygen atoms in total. The number of fused-ring (bicyclic) bond motifs is 1.